The van der Waals surface area contributed by atoms with Crippen LogP contribution in [0.1, 0.15) is 22.5 Å². The van der Waals surface area contributed by atoms with Crippen LogP contribution in [0.2, 0.25) is 0 Å². The van der Waals surface area contributed by atoms with Crippen LogP contribution in [-0.4, -0.2) is 33.0 Å². The van der Waals surface area contributed by atoms with Crippen LogP contribution in [0.5, 0.6) is 5.75 Å². The summed E-state index contributed by atoms with van der Waals surface area (Å²) in [6, 6.07) is 11.3. The Kier molecular flexibility index (Phi) is 6.24. The largest absolute Gasteiger partial charge is 0.496 e. The number of anilines is 1. The van der Waals surface area contributed by atoms with Crippen LogP contribution in [-0.2, 0) is 6.54 Å². The van der Waals surface area contributed by atoms with E-state index in [1.165, 1.54) is 12.1 Å². The lowest BCUT2D eigenvalue weighted by Crippen LogP contribution is -2.06. The molecule has 0 fully saturated rings. The minimum atomic E-state index is -0.469. The zero-order valence-electron chi connectivity index (χ0n) is 17.1. The highest BCUT2D eigenvalue weighted by molar-refractivity contribution is 5.81. The van der Waals surface area contributed by atoms with Crippen molar-refractivity contribution in [1.29, 1.82) is 0 Å². The van der Waals surface area contributed by atoms with E-state index in [0.717, 1.165) is 11.1 Å². The first-order chi connectivity index (χ1) is 14.8. The number of aromatic nitrogens is 2. The Hall–Kier alpha value is -4.28. The molecule has 31 heavy (non-hydrogen) atoms. The number of nitro benzene ring substituents is 1. The van der Waals surface area contributed by atoms with Crippen molar-refractivity contribution in [2.45, 2.75) is 20.4 Å². The third kappa shape index (κ3) is 4.83. The van der Waals surface area contributed by atoms with E-state index in [1.54, 1.807) is 50.1 Å². The number of rotatable bonds is 8. The van der Waals surface area contributed by atoms with E-state index >= 15 is 0 Å². The lowest BCUT2D eigenvalue weighted by molar-refractivity contribution is -0.386. The van der Waals surface area contributed by atoms with Crippen LogP contribution < -0.4 is 10.2 Å². The molecule has 160 valence electrons. The van der Waals surface area contributed by atoms with Crippen LogP contribution in [0, 0.1) is 34.1 Å². The molecule has 3 aromatic rings. The molecule has 11 nitrogen and oxygen atoms in total. The Bertz CT molecular complexity index is 1150. The van der Waals surface area contributed by atoms with Gasteiger partial charge in [0.25, 0.3) is 5.69 Å². The lowest BCUT2D eigenvalue weighted by atomic mass is 10.1. The van der Waals surface area contributed by atoms with Gasteiger partial charge in [0, 0.05) is 17.7 Å². The number of aryl methyl sites for hydroxylation is 1. The standard InChI is InChI=1S/C20H20N6O5/c1-13-20(26(29)30)14(2)24(23-13)12-16-10-15(4-9-19(16)31-3)11-21-22-17-5-7-18(8-6-17)25(27)28/h4-11,22H,12H2,1-3H3/b21-11+. The maximum Gasteiger partial charge on any atom is 0.312 e. The summed E-state index contributed by atoms with van der Waals surface area (Å²) < 4.78 is 6.98. The molecule has 11 heteroatoms. The van der Waals surface area contributed by atoms with Gasteiger partial charge in [-0.1, -0.05) is 0 Å². The Morgan fingerprint density at radius 3 is 2.42 bits per heavy atom. The Morgan fingerprint density at radius 2 is 1.84 bits per heavy atom. The average molecular weight is 424 g/mol. The smallest absolute Gasteiger partial charge is 0.312 e. The second kappa shape index (κ2) is 9.03. The van der Waals surface area contributed by atoms with Gasteiger partial charge in [-0.3, -0.25) is 30.3 Å². The number of ether oxygens (including phenoxy) is 1. The first-order valence-corrected chi connectivity index (χ1v) is 9.19. The molecule has 0 saturated carbocycles. The Labute approximate surface area is 177 Å². The fraction of sp³-hybridized carbons (Fsp3) is 0.200. The van der Waals surface area contributed by atoms with Crippen molar-refractivity contribution in [3.63, 3.8) is 0 Å². The number of hydrazone groups is 1. The molecular weight excluding hydrogens is 404 g/mol. The second-order valence-corrected chi connectivity index (χ2v) is 6.68. The van der Waals surface area contributed by atoms with E-state index in [1.807, 2.05) is 12.1 Å². The highest BCUT2D eigenvalue weighted by Crippen LogP contribution is 2.26. The van der Waals surface area contributed by atoms with Crippen molar-refractivity contribution in [2.24, 2.45) is 5.10 Å². The highest BCUT2D eigenvalue weighted by atomic mass is 16.6. The summed E-state index contributed by atoms with van der Waals surface area (Å²) in [4.78, 5) is 21.0. The highest BCUT2D eigenvalue weighted by Gasteiger charge is 2.22. The molecule has 0 amide bonds. The SMILES string of the molecule is COc1ccc(/C=N/Nc2ccc([N+](=O)[O-])cc2)cc1Cn1nc(C)c([N+](=O)[O-])c1C. The third-order valence-corrected chi connectivity index (χ3v) is 4.64. The van der Waals surface area contributed by atoms with Gasteiger partial charge < -0.3 is 4.74 Å². The number of hydrogen-bond acceptors (Lipinski definition) is 8. The topological polar surface area (TPSA) is 138 Å². The van der Waals surface area contributed by atoms with Gasteiger partial charge in [-0.2, -0.15) is 10.2 Å². The summed E-state index contributed by atoms with van der Waals surface area (Å²) >= 11 is 0. The van der Waals surface area contributed by atoms with Crippen molar-refractivity contribution in [1.82, 2.24) is 9.78 Å². The van der Waals surface area contributed by atoms with Gasteiger partial charge in [0.2, 0.25) is 0 Å². The molecule has 0 spiro atoms. The van der Waals surface area contributed by atoms with Crippen LogP contribution in [0.15, 0.2) is 47.6 Å². The van der Waals surface area contributed by atoms with Gasteiger partial charge in [0.05, 0.1) is 35.4 Å². The van der Waals surface area contributed by atoms with Gasteiger partial charge in [0.1, 0.15) is 17.1 Å². The maximum atomic E-state index is 11.2. The van der Waals surface area contributed by atoms with Gasteiger partial charge >= 0.3 is 5.69 Å². The summed E-state index contributed by atoms with van der Waals surface area (Å²) in [5.74, 6) is 0.621. The monoisotopic (exact) mass is 424 g/mol. The van der Waals surface area contributed by atoms with Crippen molar-refractivity contribution >= 4 is 23.3 Å². The zero-order valence-corrected chi connectivity index (χ0v) is 17.1. The minimum Gasteiger partial charge on any atom is -0.496 e. The van der Waals surface area contributed by atoms with Crippen molar-refractivity contribution in [3.05, 3.63) is 85.2 Å². The molecule has 0 atom stereocenters. The van der Waals surface area contributed by atoms with Crippen molar-refractivity contribution in [2.75, 3.05) is 12.5 Å². The van der Waals surface area contributed by atoms with E-state index in [0.29, 0.717) is 29.4 Å². The van der Waals surface area contributed by atoms with Crippen LogP contribution in [0.4, 0.5) is 17.1 Å². The average Bonchev–Trinajstić information content (AvgIpc) is 3.01. The van der Waals surface area contributed by atoms with Gasteiger partial charge in [0.15, 0.2) is 0 Å². The third-order valence-electron chi connectivity index (χ3n) is 4.64. The molecule has 1 heterocycles. The predicted octanol–water partition coefficient (Wildman–Crippen LogP) is 3.82. The molecule has 3 rings (SSSR count). The molecule has 0 radical (unpaired) electrons. The first kappa shape index (κ1) is 21.4. The molecule has 0 aliphatic carbocycles. The first-order valence-electron chi connectivity index (χ1n) is 9.19. The van der Waals surface area contributed by atoms with E-state index in [9.17, 15) is 20.2 Å². The number of non-ortho nitro benzene ring substituents is 1. The number of nitro groups is 2. The Balaban J connectivity index is 1.79. The van der Waals surface area contributed by atoms with E-state index in [2.05, 4.69) is 15.6 Å². The number of nitrogens with one attached hydrogen (secondary N) is 1. The number of nitrogens with zero attached hydrogens (tertiary/aromatic N) is 5. The number of benzene rings is 2. The van der Waals surface area contributed by atoms with Gasteiger partial charge in [-0.25, -0.2) is 0 Å². The number of methoxy groups -OCH3 is 1. The predicted molar refractivity (Wildman–Crippen MR) is 115 cm³/mol. The fourth-order valence-corrected chi connectivity index (χ4v) is 3.11. The van der Waals surface area contributed by atoms with Crippen LogP contribution in [0.25, 0.3) is 0 Å². The van der Waals surface area contributed by atoms with E-state index in [-0.39, 0.29) is 11.4 Å². The van der Waals surface area contributed by atoms with Gasteiger partial charge in [-0.05, 0) is 49.7 Å². The van der Waals surface area contributed by atoms with Crippen LogP contribution >= 0.6 is 0 Å². The lowest BCUT2D eigenvalue weighted by Gasteiger charge is -2.10. The normalized spacial score (nSPS) is 10.9. The van der Waals surface area contributed by atoms with Crippen molar-refractivity contribution in [3.8, 4) is 5.75 Å². The molecule has 0 aliphatic heterocycles. The summed E-state index contributed by atoms with van der Waals surface area (Å²) in [5.41, 5.74) is 5.78. The summed E-state index contributed by atoms with van der Waals surface area (Å²) in [5, 5.41) is 30.4. The second-order valence-electron chi connectivity index (χ2n) is 6.68. The minimum absolute atomic E-state index is 0.00119. The zero-order chi connectivity index (χ0) is 22.5. The fourth-order valence-electron chi connectivity index (χ4n) is 3.11. The summed E-state index contributed by atoms with van der Waals surface area (Å²) in [7, 11) is 1.55. The van der Waals surface area contributed by atoms with E-state index < -0.39 is 9.85 Å². The van der Waals surface area contributed by atoms with E-state index in [4.69, 9.17) is 4.74 Å². The molecule has 2 aromatic carbocycles. The van der Waals surface area contributed by atoms with Crippen LogP contribution in [0.3, 0.4) is 0 Å². The van der Waals surface area contributed by atoms with Crippen molar-refractivity contribution < 1.29 is 14.6 Å². The molecule has 0 bridgehead atoms. The summed E-state index contributed by atoms with van der Waals surface area (Å²) in [6.07, 6.45) is 1.59. The Morgan fingerprint density at radius 1 is 1.13 bits per heavy atom. The summed E-state index contributed by atoms with van der Waals surface area (Å²) in [6.45, 7) is 3.55. The quantitative estimate of drug-likeness (QED) is 0.329. The van der Waals surface area contributed by atoms with Gasteiger partial charge in [-0.15, -0.1) is 0 Å². The maximum absolute atomic E-state index is 11.2. The molecule has 0 unspecified atom stereocenters. The molecule has 1 aromatic heterocycles. The molecule has 0 saturated heterocycles. The molecule has 0 aliphatic rings. The number of hydrogen-bond donors (Lipinski definition) is 1. The molecular formula is C20H20N6O5. The molecule has 1 N–H and O–H groups in total.